The number of carbonyl (C=O) groups excluding carboxylic acids is 2. The molecule has 0 aliphatic heterocycles. The Labute approximate surface area is 112 Å². The van der Waals surface area contributed by atoms with Crippen LogP contribution in [0.15, 0.2) is 24.3 Å². The molecule has 0 fully saturated rings. The van der Waals surface area contributed by atoms with E-state index in [0.717, 1.165) is 11.3 Å². The van der Waals surface area contributed by atoms with Crippen molar-refractivity contribution < 1.29 is 14.3 Å². The van der Waals surface area contributed by atoms with E-state index in [2.05, 4.69) is 5.32 Å². The van der Waals surface area contributed by atoms with Crippen LogP contribution in [0.25, 0.3) is 0 Å². The summed E-state index contributed by atoms with van der Waals surface area (Å²) in [5.41, 5.74) is 11.5. The van der Waals surface area contributed by atoms with Crippen LogP contribution >= 0.6 is 0 Å². The summed E-state index contributed by atoms with van der Waals surface area (Å²) in [5.74, 6) is -0.165. The quantitative estimate of drug-likeness (QED) is 0.621. The van der Waals surface area contributed by atoms with Gasteiger partial charge >= 0.3 is 0 Å². The zero-order valence-electron chi connectivity index (χ0n) is 10.9. The maximum Gasteiger partial charge on any atom is 0.237 e. The number of hydrogen-bond donors (Lipinski definition) is 3. The summed E-state index contributed by atoms with van der Waals surface area (Å²) in [5, 5.41) is 2.66. The van der Waals surface area contributed by atoms with Crippen LogP contribution in [0.5, 0.6) is 5.75 Å². The van der Waals surface area contributed by atoms with E-state index in [1.165, 1.54) is 0 Å². The molecule has 19 heavy (non-hydrogen) atoms. The van der Waals surface area contributed by atoms with E-state index < -0.39 is 11.9 Å². The topological polar surface area (TPSA) is 107 Å². The molecule has 0 aliphatic carbocycles. The fourth-order valence-electron chi connectivity index (χ4n) is 1.56. The summed E-state index contributed by atoms with van der Waals surface area (Å²) in [7, 11) is 1.61. The summed E-state index contributed by atoms with van der Waals surface area (Å²) in [4.78, 5) is 22.1. The minimum Gasteiger partial charge on any atom is -0.497 e. The molecule has 1 aromatic carbocycles. The van der Waals surface area contributed by atoms with Gasteiger partial charge in [0.25, 0.3) is 0 Å². The van der Waals surface area contributed by atoms with Crippen molar-refractivity contribution in [1.82, 2.24) is 5.32 Å². The first kappa shape index (κ1) is 15.0. The van der Waals surface area contributed by atoms with Crippen molar-refractivity contribution >= 4 is 11.8 Å². The summed E-state index contributed by atoms with van der Waals surface area (Å²) < 4.78 is 5.05. The highest BCUT2D eigenvalue weighted by molar-refractivity contribution is 5.87. The van der Waals surface area contributed by atoms with Crippen molar-refractivity contribution in [3.8, 4) is 5.75 Å². The molecule has 0 radical (unpaired) electrons. The summed E-state index contributed by atoms with van der Waals surface area (Å²) >= 11 is 0. The van der Waals surface area contributed by atoms with Crippen LogP contribution in [0.2, 0.25) is 0 Å². The van der Waals surface area contributed by atoms with E-state index in [1.807, 2.05) is 24.3 Å². The number of primary amides is 1. The molecule has 1 atom stereocenters. The summed E-state index contributed by atoms with van der Waals surface area (Å²) in [6, 6.07) is 6.68. The highest BCUT2D eigenvalue weighted by Gasteiger charge is 2.14. The van der Waals surface area contributed by atoms with E-state index in [-0.39, 0.29) is 12.3 Å². The third-order valence-electron chi connectivity index (χ3n) is 2.63. The molecule has 0 spiro atoms. The lowest BCUT2D eigenvalue weighted by Gasteiger charge is -2.10. The number of nitrogens with two attached hydrogens (primary N) is 2. The first-order chi connectivity index (χ1) is 9.02. The number of carbonyl (C=O) groups is 2. The molecule has 0 heterocycles. The van der Waals surface area contributed by atoms with Crippen molar-refractivity contribution in [1.29, 1.82) is 0 Å². The molecule has 6 heteroatoms. The third-order valence-corrected chi connectivity index (χ3v) is 2.63. The molecular weight excluding hydrogens is 246 g/mol. The van der Waals surface area contributed by atoms with Crippen LogP contribution in [-0.2, 0) is 16.0 Å². The molecule has 1 rings (SSSR count). The largest absolute Gasteiger partial charge is 0.497 e. The standard InChI is InChI=1S/C13H19N3O3/c1-19-10-4-2-9(3-5-10)6-7-16-13(18)11(14)8-12(15)17/h2-5,11H,6-8,14H2,1H3,(H2,15,17)(H,16,18)/t11-/m1/s1. The lowest BCUT2D eigenvalue weighted by atomic mass is 10.1. The molecular formula is C13H19N3O3. The van der Waals surface area contributed by atoms with Gasteiger partial charge in [0.2, 0.25) is 11.8 Å². The number of methoxy groups -OCH3 is 1. The van der Waals surface area contributed by atoms with Gasteiger partial charge in [-0.05, 0) is 24.1 Å². The second-order valence-electron chi connectivity index (χ2n) is 4.17. The molecule has 0 aromatic heterocycles. The molecule has 6 nitrogen and oxygen atoms in total. The first-order valence-electron chi connectivity index (χ1n) is 5.97. The number of rotatable bonds is 7. The Balaban J connectivity index is 2.32. The van der Waals surface area contributed by atoms with E-state index in [4.69, 9.17) is 16.2 Å². The van der Waals surface area contributed by atoms with E-state index in [0.29, 0.717) is 13.0 Å². The molecule has 0 bridgehead atoms. The fraction of sp³-hybridized carbons (Fsp3) is 0.385. The molecule has 5 N–H and O–H groups in total. The zero-order valence-corrected chi connectivity index (χ0v) is 10.9. The second-order valence-corrected chi connectivity index (χ2v) is 4.17. The van der Waals surface area contributed by atoms with Crippen LogP contribution in [0.3, 0.4) is 0 Å². The van der Waals surface area contributed by atoms with Gasteiger partial charge in [-0.25, -0.2) is 0 Å². The van der Waals surface area contributed by atoms with Crippen LogP contribution in [0.1, 0.15) is 12.0 Å². The monoisotopic (exact) mass is 265 g/mol. The van der Waals surface area contributed by atoms with Gasteiger partial charge in [-0.1, -0.05) is 12.1 Å². The van der Waals surface area contributed by atoms with E-state index >= 15 is 0 Å². The van der Waals surface area contributed by atoms with Crippen LogP contribution in [0, 0.1) is 0 Å². The normalized spacial score (nSPS) is 11.7. The molecule has 0 unspecified atom stereocenters. The SMILES string of the molecule is COc1ccc(CCNC(=O)[C@H](N)CC(N)=O)cc1. The average Bonchev–Trinajstić information content (AvgIpc) is 2.38. The van der Waals surface area contributed by atoms with Gasteiger partial charge in [0.1, 0.15) is 5.75 Å². The number of benzene rings is 1. The van der Waals surface area contributed by atoms with Crippen LogP contribution < -0.4 is 21.5 Å². The lowest BCUT2D eigenvalue weighted by molar-refractivity contribution is -0.126. The van der Waals surface area contributed by atoms with Gasteiger partial charge < -0.3 is 21.5 Å². The Morgan fingerprint density at radius 3 is 2.47 bits per heavy atom. The van der Waals surface area contributed by atoms with Gasteiger partial charge in [0.15, 0.2) is 0 Å². The predicted octanol–water partition coefficient (Wildman–Crippen LogP) is -0.443. The minimum absolute atomic E-state index is 0.144. The van der Waals surface area contributed by atoms with E-state index in [1.54, 1.807) is 7.11 Å². The Kier molecular flexibility index (Phi) is 5.81. The van der Waals surface area contributed by atoms with Crippen molar-refractivity contribution in [2.45, 2.75) is 18.9 Å². The smallest absolute Gasteiger partial charge is 0.237 e. The van der Waals surface area contributed by atoms with Gasteiger partial charge in [-0.15, -0.1) is 0 Å². The fourth-order valence-corrected chi connectivity index (χ4v) is 1.56. The Hall–Kier alpha value is -2.08. The molecule has 104 valence electrons. The predicted molar refractivity (Wildman–Crippen MR) is 71.5 cm³/mol. The molecule has 1 aromatic rings. The van der Waals surface area contributed by atoms with Crippen molar-refractivity contribution in [2.24, 2.45) is 11.5 Å². The van der Waals surface area contributed by atoms with Crippen molar-refractivity contribution in [2.75, 3.05) is 13.7 Å². The number of ether oxygens (including phenoxy) is 1. The average molecular weight is 265 g/mol. The molecule has 0 saturated heterocycles. The van der Waals surface area contributed by atoms with Crippen LogP contribution in [-0.4, -0.2) is 31.5 Å². The summed E-state index contributed by atoms with van der Waals surface area (Å²) in [6.45, 7) is 0.456. The van der Waals surface area contributed by atoms with Gasteiger partial charge in [-0.2, -0.15) is 0 Å². The van der Waals surface area contributed by atoms with Gasteiger partial charge in [0.05, 0.1) is 19.6 Å². The van der Waals surface area contributed by atoms with Gasteiger partial charge in [-0.3, -0.25) is 9.59 Å². The number of amides is 2. The lowest BCUT2D eigenvalue weighted by Crippen LogP contribution is -2.43. The van der Waals surface area contributed by atoms with Crippen molar-refractivity contribution in [3.63, 3.8) is 0 Å². The highest BCUT2D eigenvalue weighted by Crippen LogP contribution is 2.11. The Morgan fingerprint density at radius 2 is 1.95 bits per heavy atom. The second kappa shape index (κ2) is 7.38. The highest BCUT2D eigenvalue weighted by atomic mass is 16.5. The zero-order chi connectivity index (χ0) is 14.3. The Morgan fingerprint density at radius 1 is 1.32 bits per heavy atom. The number of hydrogen-bond acceptors (Lipinski definition) is 4. The van der Waals surface area contributed by atoms with Gasteiger partial charge in [0, 0.05) is 6.54 Å². The molecule has 2 amide bonds. The molecule has 0 saturated carbocycles. The van der Waals surface area contributed by atoms with E-state index in [9.17, 15) is 9.59 Å². The third kappa shape index (κ3) is 5.39. The minimum atomic E-state index is -0.881. The molecule has 0 aliphatic rings. The number of nitrogens with one attached hydrogen (secondary N) is 1. The van der Waals surface area contributed by atoms with Crippen molar-refractivity contribution in [3.05, 3.63) is 29.8 Å². The maximum absolute atomic E-state index is 11.5. The maximum atomic E-state index is 11.5. The summed E-state index contributed by atoms with van der Waals surface area (Å²) in [6.07, 6.45) is 0.535. The first-order valence-corrected chi connectivity index (χ1v) is 5.97. The van der Waals surface area contributed by atoms with Crippen LogP contribution in [0.4, 0.5) is 0 Å². The Bertz CT molecular complexity index is 431.